The average molecular weight is 215 g/mol. The van der Waals surface area contributed by atoms with Crippen LogP contribution in [0.4, 0.5) is 4.39 Å². The molecule has 0 aliphatic carbocycles. The van der Waals surface area contributed by atoms with Crippen LogP contribution in [0.1, 0.15) is 18.5 Å². The number of hydrogen-bond acceptors (Lipinski definition) is 1. The third-order valence-corrected chi connectivity index (χ3v) is 2.01. The molecule has 0 aliphatic heterocycles. The maximum absolute atomic E-state index is 12.8. The maximum atomic E-state index is 12.8. The van der Waals surface area contributed by atoms with Crippen molar-refractivity contribution in [1.29, 1.82) is 0 Å². The predicted octanol–water partition coefficient (Wildman–Crippen LogP) is 2.49. The molecular formula is C10H10ClFNO. The number of amides is 1. The minimum atomic E-state index is -0.481. The van der Waals surface area contributed by atoms with E-state index in [-0.39, 0.29) is 10.9 Å². The fraction of sp³-hybridized carbons (Fsp3) is 0.200. The van der Waals surface area contributed by atoms with Crippen LogP contribution in [0.25, 0.3) is 0 Å². The molecule has 1 rings (SSSR count). The molecule has 0 aromatic heterocycles. The van der Waals surface area contributed by atoms with Crippen LogP contribution < -0.4 is 5.32 Å². The number of carbonyl (C=O) groups excluding carboxylic acids is 1. The van der Waals surface area contributed by atoms with E-state index >= 15 is 0 Å². The minimum Gasteiger partial charge on any atom is -0.350 e. The summed E-state index contributed by atoms with van der Waals surface area (Å²) in [5.41, 5.74) is 0.673. The predicted molar refractivity (Wildman–Crippen MR) is 53.3 cm³/mol. The summed E-state index contributed by atoms with van der Waals surface area (Å²) >= 11 is 5.58. The van der Waals surface area contributed by atoms with Crippen molar-refractivity contribution in [3.8, 4) is 0 Å². The van der Waals surface area contributed by atoms with Gasteiger partial charge in [0.1, 0.15) is 5.82 Å². The fourth-order valence-corrected chi connectivity index (χ4v) is 1.25. The van der Waals surface area contributed by atoms with Gasteiger partial charge in [-0.1, -0.05) is 17.7 Å². The summed E-state index contributed by atoms with van der Waals surface area (Å²) < 4.78 is 12.8. The zero-order valence-corrected chi connectivity index (χ0v) is 8.44. The lowest BCUT2D eigenvalue weighted by molar-refractivity contribution is -0.119. The smallest absolute Gasteiger partial charge is 0.217 e. The van der Waals surface area contributed by atoms with Crippen LogP contribution in [0.5, 0.6) is 0 Å². The first-order chi connectivity index (χ1) is 6.50. The van der Waals surface area contributed by atoms with Gasteiger partial charge in [-0.05, 0) is 24.6 Å². The van der Waals surface area contributed by atoms with E-state index in [9.17, 15) is 9.18 Å². The van der Waals surface area contributed by atoms with Crippen LogP contribution in [0, 0.1) is 12.7 Å². The van der Waals surface area contributed by atoms with Gasteiger partial charge in [0.15, 0.2) is 0 Å². The summed E-state index contributed by atoms with van der Waals surface area (Å²) in [6, 6.07) is 3.82. The standard InChI is InChI=1S/C10H10ClFNO/c1-6(13-7(2)14)8-3-4-10(12)9(11)5-8/h3-6H,1H2,2H3,(H,13,14). The third-order valence-electron chi connectivity index (χ3n) is 1.72. The van der Waals surface area contributed by atoms with Crippen LogP contribution in [-0.4, -0.2) is 5.91 Å². The van der Waals surface area contributed by atoms with E-state index in [1.165, 1.54) is 25.1 Å². The second-order valence-corrected chi connectivity index (χ2v) is 3.33. The highest BCUT2D eigenvalue weighted by atomic mass is 35.5. The summed E-state index contributed by atoms with van der Waals surface area (Å²) in [7, 11) is 0. The topological polar surface area (TPSA) is 29.1 Å². The SMILES string of the molecule is [CH2]C(NC(C)=O)c1ccc(F)c(Cl)c1. The molecule has 75 valence electrons. The van der Waals surface area contributed by atoms with Crippen molar-refractivity contribution in [2.75, 3.05) is 0 Å². The zero-order valence-electron chi connectivity index (χ0n) is 7.68. The molecule has 0 saturated heterocycles. The molecule has 0 spiro atoms. The number of hydrogen-bond donors (Lipinski definition) is 1. The van der Waals surface area contributed by atoms with Gasteiger partial charge in [0.25, 0.3) is 0 Å². The number of rotatable bonds is 2. The number of nitrogens with one attached hydrogen (secondary N) is 1. The Labute approximate surface area is 87.1 Å². The molecule has 0 aliphatic rings. The van der Waals surface area contributed by atoms with E-state index in [1.807, 2.05) is 0 Å². The Morgan fingerprint density at radius 3 is 2.79 bits per heavy atom. The van der Waals surface area contributed by atoms with E-state index in [4.69, 9.17) is 11.6 Å². The van der Waals surface area contributed by atoms with Crippen molar-refractivity contribution in [3.05, 3.63) is 41.5 Å². The molecule has 1 unspecified atom stereocenters. The first-order valence-electron chi connectivity index (χ1n) is 4.06. The highest BCUT2D eigenvalue weighted by molar-refractivity contribution is 6.30. The van der Waals surface area contributed by atoms with Crippen molar-refractivity contribution in [2.24, 2.45) is 0 Å². The lowest BCUT2D eigenvalue weighted by atomic mass is 10.1. The summed E-state index contributed by atoms with van der Waals surface area (Å²) in [5, 5.41) is 2.60. The summed E-state index contributed by atoms with van der Waals surface area (Å²) in [6.07, 6.45) is 0. The Balaban J connectivity index is 2.85. The Morgan fingerprint density at radius 1 is 1.64 bits per heavy atom. The quantitative estimate of drug-likeness (QED) is 0.805. The second-order valence-electron chi connectivity index (χ2n) is 2.93. The summed E-state index contributed by atoms with van der Waals surface area (Å²) in [5.74, 6) is -0.670. The molecule has 1 aromatic carbocycles. The molecule has 1 amide bonds. The Hall–Kier alpha value is -1.09. The monoisotopic (exact) mass is 214 g/mol. The van der Waals surface area contributed by atoms with Gasteiger partial charge in [-0.3, -0.25) is 4.79 Å². The highest BCUT2D eigenvalue weighted by Gasteiger charge is 2.08. The molecule has 0 saturated carbocycles. The normalized spacial score (nSPS) is 12.3. The van der Waals surface area contributed by atoms with Crippen LogP contribution in [0.15, 0.2) is 18.2 Å². The fourth-order valence-electron chi connectivity index (χ4n) is 1.06. The van der Waals surface area contributed by atoms with E-state index in [0.717, 1.165) is 0 Å². The van der Waals surface area contributed by atoms with Crippen molar-refractivity contribution in [2.45, 2.75) is 13.0 Å². The first-order valence-corrected chi connectivity index (χ1v) is 4.43. The molecule has 4 heteroatoms. The average Bonchev–Trinajstić information content (AvgIpc) is 2.08. The first kappa shape index (κ1) is 11.0. The van der Waals surface area contributed by atoms with Crippen LogP contribution in [0.2, 0.25) is 5.02 Å². The number of carbonyl (C=O) groups is 1. The van der Waals surface area contributed by atoms with Gasteiger partial charge in [0.05, 0.1) is 11.1 Å². The molecule has 0 bridgehead atoms. The Kier molecular flexibility index (Phi) is 3.47. The van der Waals surface area contributed by atoms with Crippen molar-refractivity contribution in [1.82, 2.24) is 5.32 Å². The molecule has 1 aromatic rings. The highest BCUT2D eigenvalue weighted by Crippen LogP contribution is 2.20. The second kappa shape index (κ2) is 4.42. The molecular weight excluding hydrogens is 205 g/mol. The van der Waals surface area contributed by atoms with Gasteiger partial charge in [0.2, 0.25) is 5.91 Å². The molecule has 1 radical (unpaired) electrons. The van der Waals surface area contributed by atoms with E-state index < -0.39 is 11.9 Å². The van der Waals surface area contributed by atoms with Gasteiger partial charge in [-0.25, -0.2) is 4.39 Å². The lowest BCUT2D eigenvalue weighted by Gasteiger charge is -2.12. The van der Waals surface area contributed by atoms with Crippen LogP contribution in [-0.2, 0) is 4.79 Å². The van der Waals surface area contributed by atoms with Gasteiger partial charge in [-0.15, -0.1) is 0 Å². The van der Waals surface area contributed by atoms with Gasteiger partial charge in [-0.2, -0.15) is 0 Å². The molecule has 2 nitrogen and oxygen atoms in total. The summed E-state index contributed by atoms with van der Waals surface area (Å²) in [6.45, 7) is 5.10. The number of benzene rings is 1. The molecule has 1 N–H and O–H groups in total. The largest absolute Gasteiger partial charge is 0.350 e. The van der Waals surface area contributed by atoms with Crippen molar-refractivity contribution < 1.29 is 9.18 Å². The lowest BCUT2D eigenvalue weighted by Crippen LogP contribution is -2.23. The molecule has 0 heterocycles. The van der Waals surface area contributed by atoms with Gasteiger partial charge >= 0.3 is 0 Å². The molecule has 1 atom stereocenters. The Bertz CT molecular complexity index is 354. The maximum Gasteiger partial charge on any atom is 0.217 e. The zero-order chi connectivity index (χ0) is 10.7. The van der Waals surface area contributed by atoms with Crippen molar-refractivity contribution in [3.63, 3.8) is 0 Å². The third kappa shape index (κ3) is 2.70. The van der Waals surface area contributed by atoms with Crippen molar-refractivity contribution >= 4 is 17.5 Å². The number of halogens is 2. The minimum absolute atomic E-state index is 0.0292. The van der Waals surface area contributed by atoms with Gasteiger partial charge in [0, 0.05) is 6.92 Å². The van der Waals surface area contributed by atoms with E-state index in [2.05, 4.69) is 12.2 Å². The molecule has 14 heavy (non-hydrogen) atoms. The van der Waals surface area contributed by atoms with Gasteiger partial charge < -0.3 is 5.32 Å². The van der Waals surface area contributed by atoms with Crippen LogP contribution in [0.3, 0.4) is 0 Å². The molecule has 0 fully saturated rings. The Morgan fingerprint density at radius 2 is 2.29 bits per heavy atom. The van der Waals surface area contributed by atoms with E-state index in [1.54, 1.807) is 0 Å². The van der Waals surface area contributed by atoms with E-state index in [0.29, 0.717) is 5.56 Å². The van der Waals surface area contributed by atoms with Crippen LogP contribution >= 0.6 is 11.6 Å². The summed E-state index contributed by atoms with van der Waals surface area (Å²) in [4.78, 5) is 10.7.